The molecule has 0 radical (unpaired) electrons. The molecule has 3 N–H and O–H groups in total. The molecular formula is C15H20N2O3S. The van der Waals surface area contributed by atoms with Crippen LogP contribution in [0.15, 0.2) is 24.3 Å². The molecule has 0 aliphatic carbocycles. The summed E-state index contributed by atoms with van der Waals surface area (Å²) in [6.07, 6.45) is 2.17. The minimum atomic E-state index is -0.617. The molecule has 2 unspecified atom stereocenters. The summed E-state index contributed by atoms with van der Waals surface area (Å²) in [7, 11) is 1.32. The van der Waals surface area contributed by atoms with Gasteiger partial charge in [-0.15, -0.1) is 11.8 Å². The molecule has 1 aliphatic rings. The van der Waals surface area contributed by atoms with Crippen molar-refractivity contribution in [3.05, 3.63) is 29.8 Å². The average molecular weight is 308 g/mol. The number of amides is 1. The first-order valence-electron chi connectivity index (χ1n) is 6.95. The van der Waals surface area contributed by atoms with Crippen molar-refractivity contribution in [1.29, 1.82) is 0 Å². The summed E-state index contributed by atoms with van der Waals surface area (Å²) < 4.78 is 4.59. The van der Waals surface area contributed by atoms with Crippen LogP contribution in [0.4, 0.5) is 5.69 Å². The standard InChI is InChI=1S/C15H20N2O3S/c1-20-15(19)11(16)8-9-21-13-7-6-10-4-2-3-5-12(10)17-14(13)18/h2-5,11,13H,6-9,16H2,1H3,(H,17,18). The van der Waals surface area contributed by atoms with E-state index in [0.29, 0.717) is 12.2 Å². The van der Waals surface area contributed by atoms with E-state index < -0.39 is 12.0 Å². The van der Waals surface area contributed by atoms with Gasteiger partial charge in [-0.2, -0.15) is 0 Å². The van der Waals surface area contributed by atoms with Gasteiger partial charge in [-0.25, -0.2) is 0 Å². The summed E-state index contributed by atoms with van der Waals surface area (Å²) in [6.45, 7) is 0. The van der Waals surface area contributed by atoms with Crippen molar-refractivity contribution in [2.45, 2.75) is 30.6 Å². The second kappa shape index (κ2) is 7.47. The Hall–Kier alpha value is -1.53. The highest BCUT2D eigenvalue weighted by atomic mass is 32.2. The fourth-order valence-corrected chi connectivity index (χ4v) is 3.43. The van der Waals surface area contributed by atoms with Gasteiger partial charge in [0.25, 0.3) is 0 Å². The third kappa shape index (κ3) is 4.22. The minimum Gasteiger partial charge on any atom is -0.468 e. The molecule has 2 atom stereocenters. The number of benzene rings is 1. The molecule has 0 saturated carbocycles. The molecule has 0 saturated heterocycles. The lowest BCUT2D eigenvalue weighted by molar-refractivity contribution is -0.142. The van der Waals surface area contributed by atoms with Crippen molar-refractivity contribution in [2.24, 2.45) is 5.73 Å². The van der Waals surface area contributed by atoms with Gasteiger partial charge in [0.05, 0.1) is 12.4 Å². The van der Waals surface area contributed by atoms with Crippen molar-refractivity contribution < 1.29 is 14.3 Å². The summed E-state index contributed by atoms with van der Waals surface area (Å²) in [4.78, 5) is 23.4. The van der Waals surface area contributed by atoms with Gasteiger partial charge >= 0.3 is 5.97 Å². The number of para-hydroxylation sites is 1. The number of carbonyl (C=O) groups excluding carboxylic acids is 2. The molecule has 21 heavy (non-hydrogen) atoms. The SMILES string of the molecule is COC(=O)C(N)CCSC1CCc2ccccc2NC1=O. The molecule has 1 heterocycles. The van der Waals surface area contributed by atoms with Crippen LogP contribution in [0, 0.1) is 0 Å². The first-order valence-corrected chi connectivity index (χ1v) is 8.00. The number of rotatable bonds is 5. The molecule has 0 spiro atoms. The molecule has 1 aromatic carbocycles. The van der Waals surface area contributed by atoms with Crippen LogP contribution in [0.1, 0.15) is 18.4 Å². The summed E-state index contributed by atoms with van der Waals surface area (Å²) in [5.74, 6) is 0.273. The molecule has 6 heteroatoms. The second-order valence-electron chi connectivity index (χ2n) is 4.96. The zero-order chi connectivity index (χ0) is 15.2. The van der Waals surface area contributed by atoms with E-state index in [1.54, 1.807) is 11.8 Å². The Labute approximate surface area is 128 Å². The maximum atomic E-state index is 12.2. The zero-order valence-corrected chi connectivity index (χ0v) is 12.8. The Morgan fingerprint density at radius 1 is 1.52 bits per heavy atom. The summed E-state index contributed by atoms with van der Waals surface area (Å²) in [6, 6.07) is 7.24. The van der Waals surface area contributed by atoms with E-state index in [0.717, 1.165) is 18.5 Å². The van der Waals surface area contributed by atoms with Crippen molar-refractivity contribution in [1.82, 2.24) is 0 Å². The number of ether oxygens (including phenoxy) is 1. The van der Waals surface area contributed by atoms with Gasteiger partial charge in [-0.05, 0) is 36.6 Å². The fraction of sp³-hybridized carbons (Fsp3) is 0.467. The van der Waals surface area contributed by atoms with Gasteiger partial charge in [0.15, 0.2) is 0 Å². The van der Waals surface area contributed by atoms with Crippen LogP contribution in [0.5, 0.6) is 0 Å². The highest BCUT2D eigenvalue weighted by Gasteiger charge is 2.24. The molecule has 114 valence electrons. The van der Waals surface area contributed by atoms with E-state index in [1.165, 1.54) is 12.7 Å². The maximum absolute atomic E-state index is 12.2. The van der Waals surface area contributed by atoms with Crippen molar-refractivity contribution in [3.8, 4) is 0 Å². The number of hydrogen-bond donors (Lipinski definition) is 2. The van der Waals surface area contributed by atoms with E-state index in [9.17, 15) is 9.59 Å². The molecule has 0 fully saturated rings. The number of carbonyl (C=O) groups is 2. The number of fused-ring (bicyclic) bond motifs is 1. The van der Waals surface area contributed by atoms with E-state index in [1.807, 2.05) is 24.3 Å². The number of anilines is 1. The van der Waals surface area contributed by atoms with Crippen LogP contribution >= 0.6 is 11.8 Å². The lowest BCUT2D eigenvalue weighted by atomic mass is 10.1. The van der Waals surface area contributed by atoms with Gasteiger partial charge < -0.3 is 15.8 Å². The van der Waals surface area contributed by atoms with E-state index in [2.05, 4.69) is 10.1 Å². The Morgan fingerprint density at radius 3 is 3.05 bits per heavy atom. The Balaban J connectivity index is 1.86. The highest BCUT2D eigenvalue weighted by Crippen LogP contribution is 2.27. The Bertz CT molecular complexity index is 521. The zero-order valence-electron chi connectivity index (χ0n) is 12.0. The van der Waals surface area contributed by atoms with E-state index in [-0.39, 0.29) is 11.2 Å². The summed E-state index contributed by atoms with van der Waals surface area (Å²) in [5, 5.41) is 2.85. The van der Waals surface area contributed by atoms with Gasteiger partial charge in [0.1, 0.15) is 6.04 Å². The monoisotopic (exact) mass is 308 g/mol. The quantitative estimate of drug-likeness (QED) is 0.807. The van der Waals surface area contributed by atoms with Crippen LogP contribution in [-0.2, 0) is 20.7 Å². The lowest BCUT2D eigenvalue weighted by Gasteiger charge is -2.14. The molecule has 5 nitrogen and oxygen atoms in total. The first kappa shape index (κ1) is 15.9. The van der Waals surface area contributed by atoms with Crippen LogP contribution in [0.2, 0.25) is 0 Å². The number of aryl methyl sites for hydroxylation is 1. The minimum absolute atomic E-state index is 0.0246. The predicted octanol–water partition coefficient (Wildman–Crippen LogP) is 1.56. The second-order valence-corrected chi connectivity index (χ2v) is 6.27. The molecule has 2 rings (SSSR count). The average Bonchev–Trinajstić information content (AvgIpc) is 2.65. The summed E-state index contributed by atoms with van der Waals surface area (Å²) >= 11 is 1.55. The van der Waals surface area contributed by atoms with Gasteiger partial charge in [-0.1, -0.05) is 18.2 Å². The first-order chi connectivity index (χ1) is 10.1. The van der Waals surface area contributed by atoms with Crippen molar-refractivity contribution >= 4 is 29.3 Å². The fourth-order valence-electron chi connectivity index (χ4n) is 2.26. The smallest absolute Gasteiger partial charge is 0.322 e. The van der Waals surface area contributed by atoms with Crippen molar-refractivity contribution in [3.63, 3.8) is 0 Å². The highest BCUT2D eigenvalue weighted by molar-refractivity contribution is 8.00. The van der Waals surface area contributed by atoms with Crippen molar-refractivity contribution in [2.75, 3.05) is 18.2 Å². The molecule has 0 aromatic heterocycles. The molecular weight excluding hydrogens is 288 g/mol. The maximum Gasteiger partial charge on any atom is 0.322 e. The number of hydrogen-bond acceptors (Lipinski definition) is 5. The van der Waals surface area contributed by atoms with E-state index in [4.69, 9.17) is 5.73 Å². The van der Waals surface area contributed by atoms with Crippen LogP contribution in [0.3, 0.4) is 0 Å². The topological polar surface area (TPSA) is 81.4 Å². The number of methoxy groups -OCH3 is 1. The third-order valence-corrected chi connectivity index (χ3v) is 4.82. The number of thioether (sulfide) groups is 1. The number of esters is 1. The Morgan fingerprint density at radius 2 is 2.29 bits per heavy atom. The number of nitrogens with one attached hydrogen (secondary N) is 1. The van der Waals surface area contributed by atoms with Crippen LogP contribution < -0.4 is 11.1 Å². The van der Waals surface area contributed by atoms with E-state index >= 15 is 0 Å². The third-order valence-electron chi connectivity index (χ3n) is 3.50. The predicted molar refractivity (Wildman–Crippen MR) is 84.2 cm³/mol. The normalized spacial score (nSPS) is 19.1. The Kier molecular flexibility index (Phi) is 5.64. The van der Waals surface area contributed by atoms with Gasteiger partial charge in [0, 0.05) is 5.69 Å². The molecule has 1 amide bonds. The van der Waals surface area contributed by atoms with Gasteiger partial charge in [-0.3, -0.25) is 9.59 Å². The molecule has 0 bridgehead atoms. The molecule has 1 aliphatic heterocycles. The van der Waals surface area contributed by atoms with Crippen LogP contribution in [0.25, 0.3) is 0 Å². The molecule has 1 aromatic rings. The van der Waals surface area contributed by atoms with Gasteiger partial charge in [0.2, 0.25) is 5.91 Å². The number of nitrogens with two attached hydrogens (primary N) is 1. The largest absolute Gasteiger partial charge is 0.468 e. The summed E-state index contributed by atoms with van der Waals surface area (Å²) in [5.41, 5.74) is 7.76. The lowest BCUT2D eigenvalue weighted by Crippen LogP contribution is -2.32. The van der Waals surface area contributed by atoms with Crippen LogP contribution in [-0.4, -0.2) is 36.0 Å².